The van der Waals surface area contributed by atoms with Crippen LogP contribution in [0.2, 0.25) is 0 Å². The lowest BCUT2D eigenvalue weighted by Gasteiger charge is -2.29. The molecule has 0 fully saturated rings. The van der Waals surface area contributed by atoms with E-state index in [2.05, 4.69) is 10.4 Å². The second-order valence-electron chi connectivity index (χ2n) is 5.09. The van der Waals surface area contributed by atoms with Gasteiger partial charge in [0.2, 0.25) is 3.79 Å². The molecule has 1 N–H and O–H groups in total. The van der Waals surface area contributed by atoms with Crippen LogP contribution in [-0.4, -0.2) is 34.2 Å². The number of ether oxygens (including phenoxy) is 1. The molecule has 0 spiro atoms. The molecule has 2 unspecified atom stereocenters. The van der Waals surface area contributed by atoms with E-state index in [9.17, 15) is 9.59 Å². The van der Waals surface area contributed by atoms with Gasteiger partial charge in [-0.05, 0) is 26.0 Å². The van der Waals surface area contributed by atoms with Crippen molar-refractivity contribution in [3.8, 4) is 0 Å². The molecular weight excluding hydrogens is 377 g/mol. The molecule has 2 atom stereocenters. The van der Waals surface area contributed by atoms with E-state index >= 15 is 0 Å². The Balaban J connectivity index is 2.29. The molecule has 1 aliphatic heterocycles. The van der Waals surface area contributed by atoms with Crippen molar-refractivity contribution in [2.75, 3.05) is 11.6 Å². The minimum atomic E-state index is -1.92. The summed E-state index contributed by atoms with van der Waals surface area (Å²) in [5.74, 6) is -1.31. The molecule has 130 valence electrons. The van der Waals surface area contributed by atoms with Gasteiger partial charge in [-0.15, -0.1) is 0 Å². The molecule has 1 aliphatic rings. The maximum atomic E-state index is 12.8. The van der Waals surface area contributed by atoms with Crippen LogP contribution in [0.15, 0.2) is 35.4 Å². The number of alkyl carbamates (subject to hydrolysis) is 1. The van der Waals surface area contributed by atoms with Gasteiger partial charge in [-0.3, -0.25) is 4.79 Å². The zero-order chi connectivity index (χ0) is 17.9. The SMILES string of the molecule is CCOC(=O)NC(C1C(=O)N(c2ccccc2)N=C1C)C(Cl)(Cl)Cl. The molecule has 9 heteroatoms. The fraction of sp³-hybridized carbons (Fsp3) is 0.400. The van der Waals surface area contributed by atoms with E-state index in [0.717, 1.165) is 0 Å². The van der Waals surface area contributed by atoms with E-state index < -0.39 is 27.8 Å². The molecular formula is C15H16Cl3N3O3. The van der Waals surface area contributed by atoms with E-state index in [1.54, 1.807) is 38.1 Å². The standard InChI is InChI=1S/C15H16Cl3N3O3/c1-3-24-14(23)19-12(15(16,17)18)11-9(2)20-21(13(11)22)10-7-5-4-6-8-10/h4-8,11-12H,3H2,1-2H3,(H,19,23). The highest BCUT2D eigenvalue weighted by molar-refractivity contribution is 6.68. The molecule has 0 saturated heterocycles. The Morgan fingerprint density at radius 3 is 2.54 bits per heavy atom. The first-order valence-corrected chi connectivity index (χ1v) is 8.33. The molecule has 1 aromatic rings. The van der Waals surface area contributed by atoms with Crippen LogP contribution in [0.25, 0.3) is 0 Å². The van der Waals surface area contributed by atoms with Crippen LogP contribution in [0.3, 0.4) is 0 Å². The van der Waals surface area contributed by atoms with Crippen molar-refractivity contribution in [3.05, 3.63) is 30.3 Å². The van der Waals surface area contributed by atoms with Crippen LogP contribution in [0.1, 0.15) is 13.8 Å². The third-order valence-electron chi connectivity index (χ3n) is 3.42. The Hall–Kier alpha value is -1.50. The average molecular weight is 393 g/mol. The molecule has 0 aliphatic carbocycles. The lowest BCUT2D eigenvalue weighted by molar-refractivity contribution is -0.120. The van der Waals surface area contributed by atoms with Crippen LogP contribution >= 0.6 is 34.8 Å². The first kappa shape index (κ1) is 18.8. The zero-order valence-electron chi connectivity index (χ0n) is 13.0. The van der Waals surface area contributed by atoms with Crippen molar-refractivity contribution < 1.29 is 14.3 Å². The molecule has 24 heavy (non-hydrogen) atoms. The lowest BCUT2D eigenvalue weighted by Crippen LogP contribution is -2.53. The van der Waals surface area contributed by atoms with Crippen molar-refractivity contribution in [2.24, 2.45) is 11.0 Å². The fourth-order valence-electron chi connectivity index (χ4n) is 2.37. The maximum Gasteiger partial charge on any atom is 0.407 e. The lowest BCUT2D eigenvalue weighted by atomic mass is 9.96. The van der Waals surface area contributed by atoms with E-state index in [1.807, 2.05) is 6.07 Å². The van der Waals surface area contributed by atoms with Gasteiger partial charge in [0.1, 0.15) is 5.92 Å². The number of rotatable bonds is 4. The fourth-order valence-corrected chi connectivity index (χ4v) is 2.91. The topological polar surface area (TPSA) is 71.0 Å². The first-order valence-electron chi connectivity index (χ1n) is 7.19. The normalized spacial score (nSPS) is 19.0. The number of hydrogen-bond acceptors (Lipinski definition) is 4. The van der Waals surface area contributed by atoms with Crippen molar-refractivity contribution in [3.63, 3.8) is 0 Å². The number of nitrogens with one attached hydrogen (secondary N) is 1. The number of hydrazone groups is 1. The Kier molecular flexibility index (Phi) is 5.96. The molecule has 2 rings (SSSR count). The smallest absolute Gasteiger partial charge is 0.407 e. The number of halogens is 3. The monoisotopic (exact) mass is 391 g/mol. The number of para-hydroxylation sites is 1. The number of hydrogen-bond donors (Lipinski definition) is 1. The maximum absolute atomic E-state index is 12.8. The number of nitrogens with zero attached hydrogens (tertiary/aromatic N) is 2. The van der Waals surface area contributed by atoms with E-state index in [1.165, 1.54) is 5.01 Å². The highest BCUT2D eigenvalue weighted by Crippen LogP contribution is 2.38. The second-order valence-corrected chi connectivity index (χ2v) is 7.46. The quantitative estimate of drug-likeness (QED) is 0.797. The van der Waals surface area contributed by atoms with Gasteiger partial charge in [0.25, 0.3) is 5.91 Å². The molecule has 2 amide bonds. The third kappa shape index (κ3) is 4.12. The Morgan fingerprint density at radius 2 is 2.00 bits per heavy atom. The minimum Gasteiger partial charge on any atom is -0.450 e. The number of benzene rings is 1. The summed E-state index contributed by atoms with van der Waals surface area (Å²) in [5.41, 5.74) is 1.01. The predicted octanol–water partition coefficient (Wildman–Crippen LogP) is 3.51. The van der Waals surface area contributed by atoms with Gasteiger partial charge >= 0.3 is 6.09 Å². The number of carbonyl (C=O) groups excluding carboxylic acids is 2. The van der Waals surface area contributed by atoms with Gasteiger partial charge in [-0.1, -0.05) is 53.0 Å². The predicted molar refractivity (Wildman–Crippen MR) is 94.8 cm³/mol. The Morgan fingerprint density at radius 1 is 1.38 bits per heavy atom. The second kappa shape index (κ2) is 7.59. The van der Waals surface area contributed by atoms with Crippen molar-refractivity contribution >= 4 is 58.2 Å². The van der Waals surface area contributed by atoms with Crippen LogP contribution in [0.4, 0.5) is 10.5 Å². The summed E-state index contributed by atoms with van der Waals surface area (Å²) in [6.45, 7) is 3.44. The summed E-state index contributed by atoms with van der Waals surface area (Å²) >= 11 is 17.9. The van der Waals surface area contributed by atoms with Gasteiger partial charge in [0, 0.05) is 0 Å². The van der Waals surface area contributed by atoms with Gasteiger partial charge in [-0.2, -0.15) is 5.10 Å². The zero-order valence-corrected chi connectivity index (χ0v) is 15.3. The molecule has 0 radical (unpaired) electrons. The summed E-state index contributed by atoms with van der Waals surface area (Å²) in [5, 5.41) is 7.92. The number of amides is 2. The molecule has 1 heterocycles. The summed E-state index contributed by atoms with van der Waals surface area (Å²) in [7, 11) is 0. The average Bonchev–Trinajstić information content (AvgIpc) is 2.80. The summed E-state index contributed by atoms with van der Waals surface area (Å²) in [6.07, 6.45) is -0.771. The highest BCUT2D eigenvalue weighted by Gasteiger charge is 2.49. The van der Waals surface area contributed by atoms with Crippen LogP contribution < -0.4 is 10.3 Å². The van der Waals surface area contributed by atoms with E-state index in [0.29, 0.717) is 11.4 Å². The first-order chi connectivity index (χ1) is 11.3. The van der Waals surface area contributed by atoms with Crippen molar-refractivity contribution in [1.82, 2.24) is 5.32 Å². The molecule has 6 nitrogen and oxygen atoms in total. The largest absolute Gasteiger partial charge is 0.450 e. The Bertz CT molecular complexity index is 646. The summed E-state index contributed by atoms with van der Waals surface area (Å²) < 4.78 is 2.90. The highest BCUT2D eigenvalue weighted by atomic mass is 35.6. The minimum absolute atomic E-state index is 0.153. The third-order valence-corrected chi connectivity index (χ3v) is 4.12. The van der Waals surface area contributed by atoms with Gasteiger partial charge in [0.05, 0.1) is 24.0 Å². The van der Waals surface area contributed by atoms with Crippen LogP contribution in [0, 0.1) is 5.92 Å². The van der Waals surface area contributed by atoms with Gasteiger partial charge in [0.15, 0.2) is 0 Å². The van der Waals surface area contributed by atoms with Crippen LogP contribution in [0.5, 0.6) is 0 Å². The Labute approximate surface area is 154 Å². The summed E-state index contributed by atoms with van der Waals surface area (Å²) in [6, 6.07) is 7.74. The number of carbonyl (C=O) groups is 2. The molecule has 0 saturated carbocycles. The number of anilines is 1. The molecule has 0 aromatic heterocycles. The van der Waals surface area contributed by atoms with Crippen LogP contribution in [-0.2, 0) is 9.53 Å². The molecule has 1 aromatic carbocycles. The number of alkyl halides is 3. The van der Waals surface area contributed by atoms with Gasteiger partial charge < -0.3 is 10.1 Å². The molecule has 0 bridgehead atoms. The van der Waals surface area contributed by atoms with E-state index in [4.69, 9.17) is 39.5 Å². The van der Waals surface area contributed by atoms with Crippen molar-refractivity contribution in [1.29, 1.82) is 0 Å². The van der Waals surface area contributed by atoms with E-state index in [-0.39, 0.29) is 6.61 Å². The van der Waals surface area contributed by atoms with Crippen molar-refractivity contribution in [2.45, 2.75) is 23.7 Å². The van der Waals surface area contributed by atoms with Gasteiger partial charge in [-0.25, -0.2) is 9.80 Å². The summed E-state index contributed by atoms with van der Waals surface area (Å²) in [4.78, 5) is 24.5.